The summed E-state index contributed by atoms with van der Waals surface area (Å²) >= 11 is 0.500. The Hall–Kier alpha value is 1.79. The molecule has 0 heterocycles. The van der Waals surface area contributed by atoms with Crippen LogP contribution in [-0.2, 0) is 63.4 Å². The van der Waals surface area contributed by atoms with E-state index in [2.05, 4.69) is 0 Å². The van der Waals surface area contributed by atoms with Gasteiger partial charge in [0.05, 0.1) is 0 Å². The number of hydrogen-bond donors (Lipinski definition) is 0. The molecular formula is CrNbOTi. The van der Waals surface area contributed by atoms with Gasteiger partial charge in [0.25, 0.3) is 0 Å². The van der Waals surface area contributed by atoms with Crippen molar-refractivity contribution >= 4 is 0 Å². The molecule has 0 radical (unpaired) electrons. The maximum atomic E-state index is 8.30. The monoisotopic (exact) mass is 209 g/mol. The minimum atomic E-state index is 0. The minimum absolute atomic E-state index is 0. The van der Waals surface area contributed by atoms with Crippen molar-refractivity contribution in [3.8, 4) is 0 Å². The Morgan fingerprint density at radius 2 is 1.25 bits per heavy atom. The molecule has 0 aliphatic heterocycles. The van der Waals surface area contributed by atoms with Gasteiger partial charge in [-0.3, -0.25) is 0 Å². The number of hydrogen-bond acceptors (Lipinski definition) is 1. The van der Waals surface area contributed by atoms with Crippen LogP contribution in [0.3, 0.4) is 0 Å². The van der Waals surface area contributed by atoms with Gasteiger partial charge in [0, 0.05) is 39.1 Å². The van der Waals surface area contributed by atoms with E-state index in [1.165, 1.54) is 0 Å². The van der Waals surface area contributed by atoms with Crippen molar-refractivity contribution in [2.24, 2.45) is 0 Å². The van der Waals surface area contributed by atoms with Gasteiger partial charge in [-0.1, -0.05) is 0 Å². The van der Waals surface area contributed by atoms with Gasteiger partial charge in [0.15, 0.2) is 0 Å². The third-order valence-electron chi connectivity index (χ3n) is 0. The van der Waals surface area contributed by atoms with Crippen molar-refractivity contribution in [3.05, 3.63) is 0 Å². The van der Waals surface area contributed by atoms with E-state index in [1.807, 2.05) is 0 Å². The minimum Gasteiger partial charge on any atom is 0 e. The van der Waals surface area contributed by atoms with Crippen molar-refractivity contribution in [3.63, 3.8) is 0 Å². The molecule has 0 aromatic carbocycles. The van der Waals surface area contributed by atoms with E-state index in [0.717, 1.165) is 0 Å². The fourth-order valence-electron chi connectivity index (χ4n) is 0. The van der Waals surface area contributed by atoms with Gasteiger partial charge in [0.1, 0.15) is 0 Å². The quantitative estimate of drug-likeness (QED) is 0.508. The van der Waals surface area contributed by atoms with Crippen LogP contribution in [0.4, 0.5) is 0 Å². The summed E-state index contributed by atoms with van der Waals surface area (Å²) in [6.07, 6.45) is 0. The summed E-state index contributed by atoms with van der Waals surface area (Å²) in [6.45, 7) is 0. The molecule has 0 amide bonds. The molecule has 0 aliphatic rings. The summed E-state index contributed by atoms with van der Waals surface area (Å²) in [5, 5.41) is 0. The summed E-state index contributed by atoms with van der Waals surface area (Å²) in [6, 6.07) is 0. The van der Waals surface area contributed by atoms with Crippen LogP contribution in [0.5, 0.6) is 0 Å². The maximum Gasteiger partial charge on any atom is 0 e. The molecule has 0 spiro atoms. The molecule has 21 valence electrons. The van der Waals surface area contributed by atoms with Crippen molar-refractivity contribution in [2.45, 2.75) is 0 Å². The average Bonchev–Trinajstić information content (AvgIpc) is 1.00. The zero-order valence-electron chi connectivity index (χ0n) is 1.76. The first kappa shape index (κ1) is 17.1. The van der Waals surface area contributed by atoms with E-state index in [4.69, 9.17) is 3.25 Å². The van der Waals surface area contributed by atoms with Crippen LogP contribution < -0.4 is 0 Å². The first-order valence-electron chi connectivity index (χ1n) is 0.183. The Balaban J connectivity index is -0.00000000500. The Kier molecular flexibility index (Phi) is 91.8. The van der Waals surface area contributed by atoms with Crippen LogP contribution in [0.1, 0.15) is 0 Å². The van der Waals surface area contributed by atoms with Gasteiger partial charge in [-0.25, -0.2) is 0 Å². The largest absolute Gasteiger partial charge is 0 e. The molecule has 4 heavy (non-hydrogen) atoms. The molecule has 0 saturated carbocycles. The van der Waals surface area contributed by atoms with Gasteiger partial charge in [-0.15, -0.1) is 0 Å². The summed E-state index contributed by atoms with van der Waals surface area (Å²) in [4.78, 5) is 0. The summed E-state index contributed by atoms with van der Waals surface area (Å²) in [5.74, 6) is 0. The van der Waals surface area contributed by atoms with Crippen LogP contribution >= 0.6 is 0 Å². The molecule has 4 heteroatoms. The Morgan fingerprint density at radius 3 is 1.25 bits per heavy atom. The Morgan fingerprint density at radius 1 is 1.25 bits per heavy atom. The van der Waals surface area contributed by atoms with Crippen molar-refractivity contribution < 1.29 is 63.4 Å². The van der Waals surface area contributed by atoms with Crippen molar-refractivity contribution in [2.75, 3.05) is 0 Å². The molecule has 0 aromatic rings. The van der Waals surface area contributed by atoms with Gasteiger partial charge in [-0.2, -0.15) is 0 Å². The second-order valence-electron chi connectivity index (χ2n) is 0. The number of rotatable bonds is 0. The predicted molar refractivity (Wildman–Crippen MR) is 0.686 cm³/mol. The molecule has 0 N–H and O–H groups in total. The molecule has 1 nitrogen and oxygen atoms in total. The van der Waals surface area contributed by atoms with Crippen LogP contribution in [0.2, 0.25) is 0 Å². The molecular weight excluding hydrogens is 209 g/mol. The molecule has 0 fully saturated rings. The Labute approximate surface area is 62.8 Å². The molecule has 0 atom stereocenters. The predicted octanol–water partition coefficient (Wildman–Crippen LogP) is -0.126. The molecule has 0 bridgehead atoms. The standard InChI is InChI=1S/Cr.Nb.O.Ti. The van der Waals surface area contributed by atoms with Gasteiger partial charge < -0.3 is 0 Å². The fourth-order valence-corrected chi connectivity index (χ4v) is 0. The fraction of sp³-hybridized carbons (Fsp3) is 0. The average molecular weight is 209 g/mol. The van der Waals surface area contributed by atoms with Gasteiger partial charge in [0.2, 0.25) is 0 Å². The van der Waals surface area contributed by atoms with Crippen molar-refractivity contribution in [1.82, 2.24) is 0 Å². The summed E-state index contributed by atoms with van der Waals surface area (Å²) < 4.78 is 8.30. The summed E-state index contributed by atoms with van der Waals surface area (Å²) in [7, 11) is 0. The molecule has 0 saturated heterocycles. The van der Waals surface area contributed by atoms with E-state index in [9.17, 15) is 0 Å². The first-order valence-corrected chi connectivity index (χ1v) is 1.08. The topological polar surface area (TPSA) is 17.1 Å². The van der Waals surface area contributed by atoms with E-state index in [-0.39, 0.29) is 39.1 Å². The molecule has 0 rings (SSSR count). The third-order valence-corrected chi connectivity index (χ3v) is 0. The van der Waals surface area contributed by atoms with Crippen LogP contribution in [0.15, 0.2) is 0 Å². The van der Waals surface area contributed by atoms with Crippen LogP contribution in [-0.4, -0.2) is 0 Å². The van der Waals surface area contributed by atoms with Gasteiger partial charge in [-0.05, 0) is 0 Å². The first-order chi connectivity index (χ1) is 1.00. The molecule has 0 aromatic heterocycles. The van der Waals surface area contributed by atoms with Crippen LogP contribution in [0, 0.1) is 0 Å². The smallest absolute Gasteiger partial charge is 0 e. The summed E-state index contributed by atoms with van der Waals surface area (Å²) in [5.41, 5.74) is 0. The molecule has 0 aliphatic carbocycles. The third kappa shape index (κ3) is 9.21. The van der Waals surface area contributed by atoms with Crippen LogP contribution in [0.25, 0.3) is 0 Å². The van der Waals surface area contributed by atoms with E-state index < -0.39 is 0 Å². The van der Waals surface area contributed by atoms with Crippen molar-refractivity contribution in [1.29, 1.82) is 0 Å². The SMILES string of the molecule is [Cr].[O]=[Nb].[Ti]. The van der Waals surface area contributed by atoms with Gasteiger partial charge >= 0.3 is 24.3 Å². The van der Waals surface area contributed by atoms with E-state index in [0.29, 0.717) is 21.0 Å². The second kappa shape index (κ2) is 21.5. The van der Waals surface area contributed by atoms with E-state index in [1.54, 1.807) is 0 Å². The maximum absolute atomic E-state index is 8.30. The zero-order chi connectivity index (χ0) is 2.00. The second-order valence-corrected chi connectivity index (χ2v) is 0. The Bertz CT molecular complexity index is 8.00. The normalized spacial score (nSPS) is 0.750. The molecule has 0 unspecified atom stereocenters. The zero-order valence-corrected chi connectivity index (χ0v) is 6.80. The van der Waals surface area contributed by atoms with E-state index >= 15 is 0 Å².